The molecule has 1 heterocycles. The number of fused-ring (bicyclic) bond motifs is 1. The predicted molar refractivity (Wildman–Crippen MR) is 136 cm³/mol. The number of carboxylic acid groups (broad SMARTS) is 1. The van der Waals surface area contributed by atoms with Crippen molar-refractivity contribution in [1.82, 2.24) is 9.88 Å². The van der Waals surface area contributed by atoms with Crippen LogP contribution in [0, 0.1) is 5.82 Å². The lowest BCUT2D eigenvalue weighted by Gasteiger charge is -2.47. The minimum Gasteiger partial charge on any atom is -0.477 e. The minimum absolute atomic E-state index is 0.0966. The van der Waals surface area contributed by atoms with Crippen molar-refractivity contribution in [2.45, 2.75) is 69.6 Å². The average Bonchev–Trinajstić information content (AvgIpc) is 3.55. The van der Waals surface area contributed by atoms with Crippen LogP contribution in [0.15, 0.2) is 47.4 Å². The summed E-state index contributed by atoms with van der Waals surface area (Å²) in [5.41, 5.74) is 6.23. The number of benzene rings is 2. The van der Waals surface area contributed by atoms with Crippen LogP contribution in [-0.2, 0) is 0 Å². The maximum Gasteiger partial charge on any atom is 0.341 e. The molecule has 2 atom stereocenters. The van der Waals surface area contributed by atoms with Crippen LogP contribution in [0.5, 0.6) is 0 Å². The summed E-state index contributed by atoms with van der Waals surface area (Å²) < 4.78 is 17.0. The molecule has 0 amide bonds. The number of hydrogen-bond acceptors (Lipinski definition) is 5. The molecule has 2 aromatic carbocycles. The predicted octanol–water partition coefficient (Wildman–Crippen LogP) is 4.48. The molecular weight excluding hydrogens is 447 g/mol. The zero-order valence-corrected chi connectivity index (χ0v) is 20.1. The second-order valence-electron chi connectivity index (χ2n) is 10.5. The van der Waals surface area contributed by atoms with Crippen molar-refractivity contribution in [2.75, 3.05) is 11.1 Å². The molecule has 0 unspecified atom stereocenters. The van der Waals surface area contributed by atoms with Crippen LogP contribution in [0.1, 0.15) is 67.9 Å². The molecule has 5 rings (SSSR count). The van der Waals surface area contributed by atoms with Gasteiger partial charge in [0.15, 0.2) is 5.82 Å². The lowest BCUT2D eigenvalue weighted by molar-refractivity contribution is 0.0694. The van der Waals surface area contributed by atoms with E-state index in [2.05, 4.69) is 41.8 Å². The Morgan fingerprint density at radius 3 is 2.57 bits per heavy atom. The number of rotatable bonds is 7. The zero-order valence-electron chi connectivity index (χ0n) is 20.1. The van der Waals surface area contributed by atoms with Crippen molar-refractivity contribution in [3.63, 3.8) is 0 Å². The van der Waals surface area contributed by atoms with Crippen molar-refractivity contribution >= 4 is 28.2 Å². The van der Waals surface area contributed by atoms with Gasteiger partial charge in [-0.25, -0.2) is 9.18 Å². The lowest BCUT2D eigenvalue weighted by Crippen LogP contribution is -2.56. The van der Waals surface area contributed by atoms with E-state index < -0.39 is 22.8 Å². The van der Waals surface area contributed by atoms with Gasteiger partial charge in [-0.05, 0) is 51.7 Å². The Kier molecular flexibility index (Phi) is 5.59. The Labute approximate surface area is 203 Å². The second-order valence-corrected chi connectivity index (χ2v) is 10.5. The minimum atomic E-state index is -1.36. The van der Waals surface area contributed by atoms with Gasteiger partial charge in [-0.3, -0.25) is 4.79 Å². The van der Waals surface area contributed by atoms with E-state index in [0.717, 1.165) is 19.3 Å². The van der Waals surface area contributed by atoms with Crippen LogP contribution >= 0.6 is 0 Å². The number of hydrogen-bond donors (Lipinski definition) is 4. The molecule has 0 aliphatic heterocycles. The number of carboxylic acids is 1. The average molecular weight is 479 g/mol. The molecule has 184 valence electrons. The van der Waals surface area contributed by atoms with Gasteiger partial charge in [0.05, 0.1) is 22.3 Å². The summed E-state index contributed by atoms with van der Waals surface area (Å²) in [4.78, 5) is 24.4. The van der Waals surface area contributed by atoms with Crippen LogP contribution in [0.4, 0.5) is 15.8 Å². The van der Waals surface area contributed by atoms with E-state index >= 15 is 4.39 Å². The van der Waals surface area contributed by atoms with E-state index in [4.69, 9.17) is 5.73 Å². The highest BCUT2D eigenvalue weighted by molar-refractivity contribution is 5.99. The van der Waals surface area contributed by atoms with Gasteiger partial charge in [0.25, 0.3) is 0 Å². The number of carbonyl (C=O) groups is 1. The first-order chi connectivity index (χ1) is 16.6. The molecule has 35 heavy (non-hydrogen) atoms. The van der Waals surface area contributed by atoms with E-state index in [0.29, 0.717) is 23.5 Å². The highest BCUT2D eigenvalue weighted by Gasteiger charge is 2.46. The molecule has 1 aromatic heterocycles. The summed E-state index contributed by atoms with van der Waals surface area (Å²) in [6, 6.07) is 12.7. The fourth-order valence-corrected chi connectivity index (χ4v) is 5.50. The molecule has 3 aromatic rings. The first-order valence-electron chi connectivity index (χ1n) is 12.1. The Morgan fingerprint density at radius 2 is 1.94 bits per heavy atom. The second kappa shape index (κ2) is 8.37. The fourth-order valence-electron chi connectivity index (χ4n) is 5.50. The zero-order chi connectivity index (χ0) is 25.1. The number of aromatic nitrogens is 1. The van der Waals surface area contributed by atoms with E-state index in [-0.39, 0.29) is 28.3 Å². The molecular formula is C27H31FN4O3. The Morgan fingerprint density at radius 1 is 1.26 bits per heavy atom. The molecule has 2 saturated carbocycles. The van der Waals surface area contributed by atoms with Gasteiger partial charge in [0.2, 0.25) is 5.43 Å². The van der Waals surface area contributed by atoms with Crippen LogP contribution in [0.2, 0.25) is 0 Å². The molecule has 2 fully saturated rings. The third-order valence-corrected chi connectivity index (χ3v) is 7.38. The number of nitrogens with two attached hydrogens (primary N) is 1. The number of nitrogen functional groups attached to an aromatic ring is 1. The standard InChI is InChI=1S/C27H31FN4O3/c1-14(2)32-13-18(26(34)35)25(33)22-21(32)10-20(23(28)24(22)29)31-27(3)11-16(12-27)30-19-9-17(19)15-7-5-4-6-8-15/h4-8,10,13-14,16-17,19,30-31H,9,11-12,29H2,1-3H3,(H,34,35)/t16-,17-,19+,27+/m0/s1. The van der Waals surface area contributed by atoms with Gasteiger partial charge < -0.3 is 26.0 Å². The largest absolute Gasteiger partial charge is 0.477 e. The number of nitrogens with zero attached hydrogens (tertiary/aromatic N) is 1. The fraction of sp³-hybridized carbons (Fsp3) is 0.407. The first kappa shape index (κ1) is 23.4. The lowest BCUT2D eigenvalue weighted by atomic mass is 9.73. The third-order valence-electron chi connectivity index (χ3n) is 7.38. The molecule has 5 N–H and O–H groups in total. The van der Waals surface area contributed by atoms with Crippen molar-refractivity contribution in [3.05, 3.63) is 69.8 Å². The quantitative estimate of drug-likeness (QED) is 0.373. The number of aromatic carboxylic acids is 1. The van der Waals surface area contributed by atoms with Crippen LogP contribution in [-0.4, -0.2) is 33.3 Å². The molecule has 2 aliphatic carbocycles. The van der Waals surface area contributed by atoms with E-state index in [1.807, 2.05) is 19.9 Å². The van der Waals surface area contributed by atoms with Crippen LogP contribution < -0.4 is 21.8 Å². The van der Waals surface area contributed by atoms with Gasteiger partial charge in [-0.2, -0.15) is 0 Å². The number of nitrogens with one attached hydrogen (secondary N) is 2. The van der Waals surface area contributed by atoms with Gasteiger partial charge in [-0.15, -0.1) is 0 Å². The summed E-state index contributed by atoms with van der Waals surface area (Å²) >= 11 is 0. The smallest absolute Gasteiger partial charge is 0.341 e. The molecule has 0 bridgehead atoms. The van der Waals surface area contributed by atoms with E-state index in [1.54, 1.807) is 10.6 Å². The van der Waals surface area contributed by atoms with Gasteiger partial charge in [0, 0.05) is 35.8 Å². The normalized spacial score (nSPS) is 25.5. The summed E-state index contributed by atoms with van der Waals surface area (Å²) in [5, 5.41) is 16.4. The highest BCUT2D eigenvalue weighted by Crippen LogP contribution is 2.44. The Hall–Kier alpha value is -3.39. The van der Waals surface area contributed by atoms with Crippen LogP contribution in [0.3, 0.4) is 0 Å². The summed E-state index contributed by atoms with van der Waals surface area (Å²) in [5.74, 6) is -1.53. The molecule has 2 aliphatic rings. The maximum atomic E-state index is 15.3. The molecule has 0 saturated heterocycles. The first-order valence-corrected chi connectivity index (χ1v) is 12.1. The highest BCUT2D eigenvalue weighted by atomic mass is 19.1. The van der Waals surface area contributed by atoms with Crippen LogP contribution in [0.25, 0.3) is 10.9 Å². The van der Waals surface area contributed by atoms with Gasteiger partial charge in [-0.1, -0.05) is 30.3 Å². The van der Waals surface area contributed by atoms with Crippen molar-refractivity contribution in [2.24, 2.45) is 0 Å². The Bertz CT molecular complexity index is 1360. The van der Waals surface area contributed by atoms with Gasteiger partial charge in [0.1, 0.15) is 5.56 Å². The summed E-state index contributed by atoms with van der Waals surface area (Å²) in [7, 11) is 0. The molecule has 0 radical (unpaired) electrons. The Balaban J connectivity index is 1.36. The molecule has 7 nitrogen and oxygen atoms in total. The summed E-state index contributed by atoms with van der Waals surface area (Å²) in [6.07, 6.45) is 4.10. The topological polar surface area (TPSA) is 109 Å². The van der Waals surface area contributed by atoms with Gasteiger partial charge >= 0.3 is 5.97 Å². The third kappa shape index (κ3) is 4.16. The monoisotopic (exact) mass is 478 g/mol. The SMILES string of the molecule is CC(C)n1cc(C(=O)O)c(=O)c2c(N)c(F)c(N[C@]3(C)C[C@H](N[C@@H]4C[C@H]4c4ccccc4)C3)cc21. The van der Waals surface area contributed by atoms with E-state index in [9.17, 15) is 14.7 Å². The number of pyridine rings is 1. The summed E-state index contributed by atoms with van der Waals surface area (Å²) in [6.45, 7) is 5.79. The molecule has 0 spiro atoms. The van der Waals surface area contributed by atoms with Crippen molar-refractivity contribution in [3.8, 4) is 0 Å². The number of anilines is 2. The van der Waals surface area contributed by atoms with E-state index in [1.165, 1.54) is 11.8 Å². The number of halogens is 1. The van der Waals surface area contributed by atoms with Crippen molar-refractivity contribution in [1.29, 1.82) is 0 Å². The maximum absolute atomic E-state index is 15.3. The van der Waals surface area contributed by atoms with Crippen molar-refractivity contribution < 1.29 is 14.3 Å². The molecule has 8 heteroatoms.